The van der Waals surface area contributed by atoms with Crippen molar-refractivity contribution in [2.24, 2.45) is 5.73 Å². The maximum atomic E-state index is 12.4. The van der Waals surface area contributed by atoms with E-state index >= 15 is 0 Å². The van der Waals surface area contributed by atoms with E-state index in [-0.39, 0.29) is 43.3 Å². The first-order chi connectivity index (χ1) is 12.1. The largest absolute Gasteiger partial charge is 0.497 e. The molecule has 0 bridgehead atoms. The van der Waals surface area contributed by atoms with Crippen LogP contribution in [0.4, 0.5) is 0 Å². The number of halogens is 2. The summed E-state index contributed by atoms with van der Waals surface area (Å²) in [5.74, 6) is 1.24. The van der Waals surface area contributed by atoms with Gasteiger partial charge in [-0.25, -0.2) is 0 Å². The monoisotopic (exact) mass is 417 g/mol. The molecule has 0 aliphatic heterocycles. The summed E-state index contributed by atoms with van der Waals surface area (Å²) < 4.78 is 10.6. The van der Waals surface area contributed by atoms with Crippen LogP contribution in [-0.2, 0) is 6.54 Å². The van der Waals surface area contributed by atoms with Gasteiger partial charge < -0.3 is 20.2 Å². The lowest BCUT2D eigenvalue weighted by Gasteiger charge is -2.30. The SMILES string of the molecule is CCN(CC)C(CNC(=O)c1coc(CN)c1)c1cccc(OC)c1.Cl.Cl. The van der Waals surface area contributed by atoms with E-state index in [1.165, 1.54) is 6.26 Å². The minimum absolute atomic E-state index is 0. The van der Waals surface area contributed by atoms with Gasteiger partial charge in [0.15, 0.2) is 0 Å². The lowest BCUT2D eigenvalue weighted by atomic mass is 10.0. The number of nitrogens with zero attached hydrogens (tertiary/aromatic N) is 1. The zero-order chi connectivity index (χ0) is 18.2. The Hall–Kier alpha value is -1.73. The van der Waals surface area contributed by atoms with Gasteiger partial charge in [-0.2, -0.15) is 0 Å². The number of carbonyl (C=O) groups excluding carboxylic acids is 1. The van der Waals surface area contributed by atoms with Gasteiger partial charge in [0.1, 0.15) is 17.8 Å². The van der Waals surface area contributed by atoms with Gasteiger partial charge >= 0.3 is 0 Å². The second kappa shape index (κ2) is 12.6. The summed E-state index contributed by atoms with van der Waals surface area (Å²) in [4.78, 5) is 14.7. The molecule has 0 spiro atoms. The highest BCUT2D eigenvalue weighted by molar-refractivity contribution is 5.94. The number of nitrogens with one attached hydrogen (secondary N) is 1. The van der Waals surface area contributed by atoms with Crippen molar-refractivity contribution in [3.8, 4) is 5.75 Å². The van der Waals surface area contributed by atoms with E-state index in [0.717, 1.165) is 24.4 Å². The van der Waals surface area contributed by atoms with Gasteiger partial charge in [-0.3, -0.25) is 9.69 Å². The van der Waals surface area contributed by atoms with Crippen molar-refractivity contribution in [2.75, 3.05) is 26.7 Å². The number of nitrogens with two attached hydrogens (primary N) is 1. The Morgan fingerprint density at radius 3 is 2.52 bits per heavy atom. The number of rotatable bonds is 9. The van der Waals surface area contributed by atoms with Gasteiger partial charge in [-0.15, -0.1) is 24.8 Å². The Bertz CT molecular complexity index is 690. The fourth-order valence-corrected chi connectivity index (χ4v) is 2.87. The van der Waals surface area contributed by atoms with Crippen molar-refractivity contribution < 1.29 is 13.9 Å². The molecule has 152 valence electrons. The summed E-state index contributed by atoms with van der Waals surface area (Å²) in [6.07, 6.45) is 1.44. The summed E-state index contributed by atoms with van der Waals surface area (Å²) in [5, 5.41) is 3.00. The Morgan fingerprint density at radius 2 is 1.96 bits per heavy atom. The van der Waals surface area contributed by atoms with Crippen LogP contribution in [-0.4, -0.2) is 37.6 Å². The van der Waals surface area contributed by atoms with Crippen molar-refractivity contribution in [1.82, 2.24) is 10.2 Å². The third kappa shape index (κ3) is 6.74. The number of benzene rings is 1. The first-order valence-electron chi connectivity index (χ1n) is 8.56. The molecular weight excluding hydrogens is 389 g/mol. The summed E-state index contributed by atoms with van der Waals surface area (Å²) >= 11 is 0. The molecule has 0 aliphatic carbocycles. The van der Waals surface area contributed by atoms with Crippen molar-refractivity contribution in [3.63, 3.8) is 0 Å². The van der Waals surface area contributed by atoms with E-state index in [1.54, 1.807) is 13.2 Å². The Morgan fingerprint density at radius 1 is 1.26 bits per heavy atom. The van der Waals surface area contributed by atoms with Gasteiger partial charge in [-0.1, -0.05) is 26.0 Å². The second-order valence-electron chi connectivity index (χ2n) is 5.73. The smallest absolute Gasteiger partial charge is 0.254 e. The van der Waals surface area contributed by atoms with Gasteiger partial charge in [-0.05, 0) is 36.9 Å². The number of furan rings is 1. The van der Waals surface area contributed by atoms with Gasteiger partial charge in [0, 0.05) is 6.54 Å². The lowest BCUT2D eigenvalue weighted by molar-refractivity contribution is 0.0934. The topological polar surface area (TPSA) is 80.7 Å². The fourth-order valence-electron chi connectivity index (χ4n) is 2.87. The Kier molecular flexibility index (Phi) is 11.8. The number of carbonyl (C=O) groups is 1. The molecule has 1 unspecified atom stereocenters. The van der Waals surface area contributed by atoms with Crippen LogP contribution >= 0.6 is 24.8 Å². The van der Waals surface area contributed by atoms with E-state index in [4.69, 9.17) is 14.9 Å². The number of hydrogen-bond acceptors (Lipinski definition) is 5. The highest BCUT2D eigenvalue weighted by atomic mass is 35.5. The predicted molar refractivity (Wildman–Crippen MR) is 112 cm³/mol. The molecule has 0 saturated carbocycles. The average Bonchev–Trinajstić information content (AvgIpc) is 3.14. The summed E-state index contributed by atoms with van der Waals surface area (Å²) in [7, 11) is 1.65. The minimum Gasteiger partial charge on any atom is -0.497 e. The third-order valence-corrected chi connectivity index (χ3v) is 4.30. The van der Waals surface area contributed by atoms with Crippen LogP contribution in [0.15, 0.2) is 41.0 Å². The molecule has 0 radical (unpaired) electrons. The quantitative estimate of drug-likeness (QED) is 0.653. The van der Waals surface area contributed by atoms with E-state index in [1.807, 2.05) is 18.2 Å². The van der Waals surface area contributed by atoms with E-state index < -0.39 is 0 Å². The zero-order valence-electron chi connectivity index (χ0n) is 15.9. The number of methoxy groups -OCH3 is 1. The molecule has 3 N–H and O–H groups in total. The standard InChI is InChI=1S/C19H27N3O3.2ClH/c1-4-22(5-2)18(14-7-6-8-16(9-14)24-3)12-21-19(23)15-10-17(11-20)25-13-15;;/h6-10,13,18H,4-5,11-12,20H2,1-3H3,(H,21,23);2*1H. The molecule has 0 fully saturated rings. The molecule has 0 saturated heterocycles. The van der Waals surface area contributed by atoms with Crippen LogP contribution in [0.3, 0.4) is 0 Å². The average molecular weight is 418 g/mol. The van der Waals surface area contributed by atoms with Crippen LogP contribution in [0, 0.1) is 0 Å². The molecule has 0 aliphatic rings. The summed E-state index contributed by atoms with van der Waals surface area (Å²) in [6, 6.07) is 9.70. The van der Waals surface area contributed by atoms with Crippen LogP contribution in [0.1, 0.15) is 41.6 Å². The minimum atomic E-state index is -0.163. The molecule has 6 nitrogen and oxygen atoms in total. The second-order valence-corrected chi connectivity index (χ2v) is 5.73. The molecule has 1 amide bonds. The van der Waals surface area contributed by atoms with Crippen molar-refractivity contribution in [3.05, 3.63) is 53.5 Å². The van der Waals surface area contributed by atoms with Crippen LogP contribution in [0.5, 0.6) is 5.75 Å². The van der Waals surface area contributed by atoms with Crippen LogP contribution < -0.4 is 15.8 Å². The zero-order valence-corrected chi connectivity index (χ0v) is 17.6. The molecule has 1 atom stereocenters. The maximum absolute atomic E-state index is 12.4. The van der Waals surface area contributed by atoms with Crippen molar-refractivity contribution in [2.45, 2.75) is 26.4 Å². The molecule has 2 aromatic rings. The highest BCUT2D eigenvalue weighted by Crippen LogP contribution is 2.24. The van der Waals surface area contributed by atoms with Crippen LogP contribution in [0.2, 0.25) is 0 Å². The molecule has 1 aromatic heterocycles. The van der Waals surface area contributed by atoms with Crippen LogP contribution in [0.25, 0.3) is 0 Å². The summed E-state index contributed by atoms with van der Waals surface area (Å²) in [5.41, 5.74) is 7.12. The first-order valence-corrected chi connectivity index (χ1v) is 8.56. The predicted octanol–water partition coefficient (Wildman–Crippen LogP) is 3.40. The molecule has 27 heavy (non-hydrogen) atoms. The third-order valence-electron chi connectivity index (χ3n) is 4.30. The van der Waals surface area contributed by atoms with Gasteiger partial charge in [0.05, 0.1) is 25.3 Å². The van der Waals surface area contributed by atoms with E-state index in [0.29, 0.717) is 17.9 Å². The molecule has 8 heteroatoms. The summed E-state index contributed by atoms with van der Waals surface area (Å²) in [6.45, 7) is 6.77. The van der Waals surface area contributed by atoms with Gasteiger partial charge in [0.25, 0.3) is 5.91 Å². The lowest BCUT2D eigenvalue weighted by Crippen LogP contribution is -2.38. The Labute approximate surface area is 173 Å². The number of amides is 1. The Balaban J connectivity index is 0.00000338. The molecule has 1 heterocycles. The highest BCUT2D eigenvalue weighted by Gasteiger charge is 2.20. The van der Waals surface area contributed by atoms with Crippen molar-refractivity contribution in [1.29, 1.82) is 0 Å². The maximum Gasteiger partial charge on any atom is 0.254 e. The normalized spacial score (nSPS) is 11.3. The number of likely N-dealkylation sites (N-methyl/N-ethyl adjacent to an activating group) is 1. The first kappa shape index (κ1) is 25.3. The van der Waals surface area contributed by atoms with Gasteiger partial charge in [0.2, 0.25) is 0 Å². The number of hydrogen-bond donors (Lipinski definition) is 2. The van der Waals surface area contributed by atoms with Crippen molar-refractivity contribution >= 4 is 30.7 Å². The fraction of sp³-hybridized carbons (Fsp3) is 0.421. The number of ether oxygens (including phenoxy) is 1. The van der Waals surface area contributed by atoms with E-state index in [2.05, 4.69) is 30.1 Å². The van der Waals surface area contributed by atoms with E-state index in [9.17, 15) is 4.79 Å². The molecule has 1 aromatic carbocycles. The molecular formula is C19H29Cl2N3O3. The molecule has 2 rings (SSSR count).